The largest absolute Gasteiger partial charge is 0.322 e. The van der Waals surface area contributed by atoms with Crippen molar-refractivity contribution >= 4 is 27.3 Å². The second-order valence-corrected chi connectivity index (χ2v) is 7.06. The van der Waals surface area contributed by atoms with E-state index in [4.69, 9.17) is 0 Å². The van der Waals surface area contributed by atoms with Crippen molar-refractivity contribution in [1.29, 1.82) is 0 Å². The third kappa shape index (κ3) is 3.65. The Balaban J connectivity index is 2.26. The SMILES string of the molecule is Cc1ccccc1NC(=O)c1cccc(N(C)S(C)(=O)=O)c1. The third-order valence-electron chi connectivity index (χ3n) is 3.36. The minimum Gasteiger partial charge on any atom is -0.322 e. The van der Waals surface area contributed by atoms with E-state index in [2.05, 4.69) is 5.32 Å². The summed E-state index contributed by atoms with van der Waals surface area (Å²) in [5.41, 5.74) is 2.53. The Bertz CT molecular complexity index is 801. The summed E-state index contributed by atoms with van der Waals surface area (Å²) in [5, 5.41) is 2.82. The molecule has 0 aliphatic carbocycles. The molecule has 0 atom stereocenters. The van der Waals surface area contributed by atoms with Crippen LogP contribution in [0.3, 0.4) is 0 Å². The van der Waals surface area contributed by atoms with Crippen LogP contribution < -0.4 is 9.62 Å². The molecule has 0 radical (unpaired) electrons. The van der Waals surface area contributed by atoms with Crippen LogP contribution in [0.1, 0.15) is 15.9 Å². The van der Waals surface area contributed by atoms with Crippen LogP contribution in [-0.2, 0) is 10.0 Å². The zero-order valence-corrected chi connectivity index (χ0v) is 13.5. The zero-order valence-electron chi connectivity index (χ0n) is 12.7. The Morgan fingerprint density at radius 2 is 1.77 bits per heavy atom. The minimum atomic E-state index is -3.36. The minimum absolute atomic E-state index is 0.280. The number of hydrogen-bond acceptors (Lipinski definition) is 3. The number of amides is 1. The molecule has 116 valence electrons. The fourth-order valence-corrected chi connectivity index (χ4v) is 2.44. The van der Waals surface area contributed by atoms with Crippen LogP contribution in [0.5, 0.6) is 0 Å². The standard InChI is InChI=1S/C16H18N2O3S/c1-12-7-4-5-10-15(12)17-16(19)13-8-6-9-14(11-13)18(2)22(3,20)21/h4-11H,1-3H3,(H,17,19). The summed E-state index contributed by atoms with van der Waals surface area (Å²) in [4.78, 5) is 12.3. The van der Waals surface area contributed by atoms with Crippen LogP contribution in [0.25, 0.3) is 0 Å². The maximum Gasteiger partial charge on any atom is 0.255 e. The predicted molar refractivity (Wildman–Crippen MR) is 88.8 cm³/mol. The molecule has 0 spiro atoms. The monoisotopic (exact) mass is 318 g/mol. The van der Waals surface area contributed by atoms with Crippen LogP contribution in [0.15, 0.2) is 48.5 Å². The molecule has 22 heavy (non-hydrogen) atoms. The second-order valence-electron chi connectivity index (χ2n) is 5.05. The Morgan fingerprint density at radius 1 is 1.09 bits per heavy atom. The molecule has 2 aromatic rings. The average Bonchev–Trinajstić information content (AvgIpc) is 2.48. The number of hydrogen-bond donors (Lipinski definition) is 1. The maximum atomic E-state index is 12.3. The molecule has 0 fully saturated rings. The first-order valence-electron chi connectivity index (χ1n) is 6.70. The summed E-state index contributed by atoms with van der Waals surface area (Å²) < 4.78 is 24.3. The van der Waals surface area contributed by atoms with E-state index < -0.39 is 10.0 Å². The van der Waals surface area contributed by atoms with Crippen LogP contribution in [0.2, 0.25) is 0 Å². The van der Waals surface area contributed by atoms with Crippen molar-refractivity contribution in [3.8, 4) is 0 Å². The normalized spacial score (nSPS) is 11.0. The molecule has 0 aliphatic rings. The molecule has 0 aliphatic heterocycles. The van der Waals surface area contributed by atoms with Gasteiger partial charge in [-0.3, -0.25) is 9.10 Å². The van der Waals surface area contributed by atoms with Gasteiger partial charge in [0.15, 0.2) is 0 Å². The number of nitrogens with one attached hydrogen (secondary N) is 1. The molecule has 0 saturated heterocycles. The lowest BCUT2D eigenvalue weighted by atomic mass is 10.1. The van der Waals surface area contributed by atoms with Gasteiger partial charge >= 0.3 is 0 Å². The molecule has 0 heterocycles. The van der Waals surface area contributed by atoms with E-state index in [0.29, 0.717) is 11.3 Å². The summed E-state index contributed by atoms with van der Waals surface area (Å²) in [6, 6.07) is 14.0. The number of carbonyl (C=O) groups is 1. The van der Waals surface area contributed by atoms with Gasteiger partial charge in [0.2, 0.25) is 10.0 Å². The fourth-order valence-electron chi connectivity index (χ4n) is 1.94. The summed E-state index contributed by atoms with van der Waals surface area (Å²) in [7, 11) is -1.91. The molecule has 6 heteroatoms. The predicted octanol–water partition coefficient (Wildman–Crippen LogP) is 2.64. The van der Waals surface area contributed by atoms with Gasteiger partial charge in [0.25, 0.3) is 5.91 Å². The molecule has 0 aromatic heterocycles. The van der Waals surface area contributed by atoms with E-state index in [0.717, 1.165) is 21.8 Å². The maximum absolute atomic E-state index is 12.3. The van der Waals surface area contributed by atoms with Crippen molar-refractivity contribution in [2.24, 2.45) is 0 Å². The number of benzene rings is 2. The molecule has 1 N–H and O–H groups in total. The quantitative estimate of drug-likeness (QED) is 0.942. The molecular weight excluding hydrogens is 300 g/mol. The summed E-state index contributed by atoms with van der Waals surface area (Å²) in [6.07, 6.45) is 1.12. The van der Waals surface area contributed by atoms with E-state index >= 15 is 0 Å². The molecule has 1 amide bonds. The van der Waals surface area contributed by atoms with Gasteiger partial charge in [-0.05, 0) is 36.8 Å². The highest BCUT2D eigenvalue weighted by molar-refractivity contribution is 7.92. The lowest BCUT2D eigenvalue weighted by Gasteiger charge is -2.17. The second kappa shape index (κ2) is 6.19. The molecule has 2 rings (SSSR count). The number of rotatable bonds is 4. The summed E-state index contributed by atoms with van der Waals surface area (Å²) >= 11 is 0. The van der Waals surface area contributed by atoms with E-state index in [9.17, 15) is 13.2 Å². The first-order chi connectivity index (χ1) is 10.3. The zero-order chi connectivity index (χ0) is 16.3. The topological polar surface area (TPSA) is 66.5 Å². The highest BCUT2D eigenvalue weighted by atomic mass is 32.2. The van der Waals surface area contributed by atoms with Gasteiger partial charge in [0.1, 0.15) is 0 Å². The van der Waals surface area contributed by atoms with Gasteiger partial charge < -0.3 is 5.32 Å². The van der Waals surface area contributed by atoms with Gasteiger partial charge in [-0.2, -0.15) is 0 Å². The van der Waals surface area contributed by atoms with E-state index in [1.54, 1.807) is 24.3 Å². The molecule has 0 bridgehead atoms. The number of aryl methyl sites for hydroxylation is 1. The number of carbonyl (C=O) groups excluding carboxylic acids is 1. The average molecular weight is 318 g/mol. The van der Waals surface area contributed by atoms with Gasteiger partial charge in [-0.15, -0.1) is 0 Å². The van der Waals surface area contributed by atoms with Crippen LogP contribution >= 0.6 is 0 Å². The highest BCUT2D eigenvalue weighted by Crippen LogP contribution is 2.19. The molecule has 0 unspecified atom stereocenters. The number of anilines is 2. The van der Waals surface area contributed by atoms with Crippen LogP contribution in [0, 0.1) is 6.92 Å². The lowest BCUT2D eigenvalue weighted by molar-refractivity contribution is 0.102. The Hall–Kier alpha value is -2.34. The lowest BCUT2D eigenvalue weighted by Crippen LogP contribution is -2.25. The highest BCUT2D eigenvalue weighted by Gasteiger charge is 2.14. The Kier molecular flexibility index (Phi) is 4.51. The third-order valence-corrected chi connectivity index (χ3v) is 4.57. The van der Waals surface area contributed by atoms with E-state index in [-0.39, 0.29) is 5.91 Å². The molecular formula is C16H18N2O3S. The van der Waals surface area contributed by atoms with Crippen molar-refractivity contribution < 1.29 is 13.2 Å². The van der Waals surface area contributed by atoms with Crippen LogP contribution in [0.4, 0.5) is 11.4 Å². The first-order valence-corrected chi connectivity index (χ1v) is 8.55. The van der Waals surface area contributed by atoms with Crippen molar-refractivity contribution in [3.05, 3.63) is 59.7 Å². The van der Waals surface area contributed by atoms with Crippen molar-refractivity contribution in [1.82, 2.24) is 0 Å². The number of nitrogens with zero attached hydrogens (tertiary/aromatic N) is 1. The molecule has 2 aromatic carbocycles. The first kappa shape index (κ1) is 16.0. The van der Waals surface area contributed by atoms with Gasteiger partial charge in [-0.1, -0.05) is 24.3 Å². The summed E-state index contributed by atoms with van der Waals surface area (Å²) in [6.45, 7) is 1.91. The van der Waals surface area contributed by atoms with E-state index in [1.807, 2.05) is 31.2 Å². The van der Waals surface area contributed by atoms with Crippen molar-refractivity contribution in [3.63, 3.8) is 0 Å². The van der Waals surface area contributed by atoms with Crippen molar-refractivity contribution in [2.45, 2.75) is 6.92 Å². The number of para-hydroxylation sites is 1. The number of sulfonamides is 1. The Morgan fingerprint density at radius 3 is 2.41 bits per heavy atom. The van der Waals surface area contributed by atoms with Crippen molar-refractivity contribution in [2.75, 3.05) is 22.9 Å². The van der Waals surface area contributed by atoms with Crippen LogP contribution in [-0.4, -0.2) is 27.6 Å². The smallest absolute Gasteiger partial charge is 0.255 e. The Labute approximate surface area is 130 Å². The van der Waals surface area contributed by atoms with Gasteiger partial charge in [0, 0.05) is 18.3 Å². The fraction of sp³-hybridized carbons (Fsp3) is 0.188. The van der Waals surface area contributed by atoms with Gasteiger partial charge in [-0.25, -0.2) is 8.42 Å². The summed E-state index contributed by atoms with van der Waals surface area (Å²) in [5.74, 6) is -0.280. The van der Waals surface area contributed by atoms with Gasteiger partial charge in [0.05, 0.1) is 11.9 Å². The molecule has 5 nitrogen and oxygen atoms in total. The van der Waals surface area contributed by atoms with E-state index in [1.165, 1.54) is 7.05 Å². The molecule has 0 saturated carbocycles.